The molecular formula is C23H30N2O2. The predicted octanol–water partition coefficient (Wildman–Crippen LogP) is 3.29. The molecule has 1 saturated heterocycles. The van der Waals surface area contributed by atoms with Crippen molar-refractivity contribution in [3.8, 4) is 0 Å². The summed E-state index contributed by atoms with van der Waals surface area (Å²) in [5.41, 5.74) is 3.74. The van der Waals surface area contributed by atoms with E-state index in [1.54, 1.807) is 0 Å². The summed E-state index contributed by atoms with van der Waals surface area (Å²) in [4.78, 5) is 14.6. The average Bonchev–Trinajstić information content (AvgIpc) is 2.69. The monoisotopic (exact) mass is 366 g/mol. The van der Waals surface area contributed by atoms with Crippen LogP contribution in [0.1, 0.15) is 29.5 Å². The summed E-state index contributed by atoms with van der Waals surface area (Å²) in [6.07, 6.45) is 1.88. The first-order valence-electron chi connectivity index (χ1n) is 9.71. The van der Waals surface area contributed by atoms with Crippen molar-refractivity contribution in [2.24, 2.45) is 0 Å². The van der Waals surface area contributed by atoms with Gasteiger partial charge in [0, 0.05) is 31.7 Å². The fourth-order valence-electron chi connectivity index (χ4n) is 3.75. The second-order valence-corrected chi connectivity index (χ2v) is 7.69. The maximum atomic E-state index is 12.5. The molecule has 2 aromatic carbocycles. The molecule has 1 fully saturated rings. The predicted molar refractivity (Wildman–Crippen MR) is 109 cm³/mol. The van der Waals surface area contributed by atoms with Crippen LogP contribution < -0.4 is 5.32 Å². The molecule has 0 bridgehead atoms. The topological polar surface area (TPSA) is 41.6 Å². The largest absolute Gasteiger partial charge is 0.381 e. The lowest BCUT2D eigenvalue weighted by molar-refractivity contribution is -0.122. The Morgan fingerprint density at radius 2 is 1.74 bits per heavy atom. The summed E-state index contributed by atoms with van der Waals surface area (Å²) < 4.78 is 5.57. The third-order valence-corrected chi connectivity index (χ3v) is 5.45. The molecule has 4 nitrogen and oxygen atoms in total. The van der Waals surface area contributed by atoms with E-state index in [2.05, 4.69) is 65.7 Å². The van der Waals surface area contributed by atoms with Gasteiger partial charge in [0.2, 0.25) is 5.91 Å². The molecule has 0 atom stereocenters. The summed E-state index contributed by atoms with van der Waals surface area (Å²) >= 11 is 0. The zero-order valence-corrected chi connectivity index (χ0v) is 16.4. The van der Waals surface area contributed by atoms with Gasteiger partial charge in [-0.3, -0.25) is 9.69 Å². The third kappa shape index (κ3) is 5.41. The summed E-state index contributed by atoms with van der Waals surface area (Å²) in [7, 11) is 1.99. The Balaban J connectivity index is 1.55. The van der Waals surface area contributed by atoms with E-state index in [1.807, 2.05) is 13.1 Å². The maximum absolute atomic E-state index is 12.5. The Labute approximate surface area is 162 Å². The van der Waals surface area contributed by atoms with Gasteiger partial charge in [-0.15, -0.1) is 0 Å². The molecule has 0 radical (unpaired) electrons. The van der Waals surface area contributed by atoms with Crippen LogP contribution in [0.15, 0.2) is 54.6 Å². The Hall–Kier alpha value is -2.17. The smallest absolute Gasteiger partial charge is 0.234 e. The van der Waals surface area contributed by atoms with Crippen LogP contribution in [-0.2, 0) is 21.5 Å². The number of carbonyl (C=O) groups is 1. The molecule has 1 heterocycles. The number of nitrogens with one attached hydrogen (secondary N) is 1. The number of hydrogen-bond acceptors (Lipinski definition) is 3. The Kier molecular flexibility index (Phi) is 6.64. The fourth-order valence-corrected chi connectivity index (χ4v) is 3.75. The first-order chi connectivity index (χ1) is 13.1. The number of carbonyl (C=O) groups excluding carboxylic acids is 1. The summed E-state index contributed by atoms with van der Waals surface area (Å²) in [6.45, 7) is 5.41. The molecule has 0 aliphatic carbocycles. The number of rotatable bonds is 7. The molecular weight excluding hydrogens is 336 g/mol. The molecule has 1 amide bonds. The second-order valence-electron chi connectivity index (χ2n) is 7.69. The van der Waals surface area contributed by atoms with Crippen molar-refractivity contribution in [2.75, 3.05) is 33.4 Å². The first kappa shape index (κ1) is 19.6. The number of amides is 1. The molecule has 0 unspecified atom stereocenters. The lowest BCUT2D eigenvalue weighted by Crippen LogP contribution is -2.46. The molecule has 4 heteroatoms. The number of benzene rings is 2. The van der Waals surface area contributed by atoms with E-state index >= 15 is 0 Å². The van der Waals surface area contributed by atoms with Gasteiger partial charge in [0.15, 0.2) is 0 Å². The van der Waals surface area contributed by atoms with Crippen LogP contribution in [0.3, 0.4) is 0 Å². The van der Waals surface area contributed by atoms with Crippen LogP contribution in [0.25, 0.3) is 0 Å². The summed E-state index contributed by atoms with van der Waals surface area (Å²) in [6, 6.07) is 19.0. The van der Waals surface area contributed by atoms with Crippen LogP contribution in [0.5, 0.6) is 0 Å². The van der Waals surface area contributed by atoms with Gasteiger partial charge in [-0.25, -0.2) is 0 Å². The highest BCUT2D eigenvalue weighted by atomic mass is 16.5. The Morgan fingerprint density at radius 1 is 1.07 bits per heavy atom. The number of aryl methyl sites for hydroxylation is 1. The van der Waals surface area contributed by atoms with E-state index in [9.17, 15) is 4.79 Å². The van der Waals surface area contributed by atoms with Crippen LogP contribution >= 0.6 is 0 Å². The molecule has 0 aromatic heterocycles. The van der Waals surface area contributed by atoms with E-state index in [0.717, 1.165) is 32.6 Å². The second kappa shape index (κ2) is 9.16. The first-order valence-corrected chi connectivity index (χ1v) is 9.71. The van der Waals surface area contributed by atoms with Crippen LogP contribution in [0, 0.1) is 6.92 Å². The van der Waals surface area contributed by atoms with Crippen LogP contribution in [-0.4, -0.2) is 44.2 Å². The van der Waals surface area contributed by atoms with Gasteiger partial charge in [-0.05, 0) is 37.9 Å². The van der Waals surface area contributed by atoms with E-state index in [-0.39, 0.29) is 11.3 Å². The van der Waals surface area contributed by atoms with Crippen molar-refractivity contribution >= 4 is 5.91 Å². The molecule has 2 aromatic rings. The van der Waals surface area contributed by atoms with E-state index in [4.69, 9.17) is 4.74 Å². The van der Waals surface area contributed by atoms with Crippen molar-refractivity contribution < 1.29 is 9.53 Å². The average molecular weight is 367 g/mol. The molecule has 27 heavy (non-hydrogen) atoms. The van der Waals surface area contributed by atoms with Crippen molar-refractivity contribution in [3.05, 3.63) is 71.3 Å². The van der Waals surface area contributed by atoms with Crippen molar-refractivity contribution in [1.82, 2.24) is 10.2 Å². The highest BCUT2D eigenvalue weighted by Crippen LogP contribution is 2.34. The molecule has 1 aliphatic rings. The van der Waals surface area contributed by atoms with E-state index < -0.39 is 0 Å². The number of hydrogen-bond donors (Lipinski definition) is 1. The van der Waals surface area contributed by atoms with E-state index in [0.29, 0.717) is 13.1 Å². The molecule has 3 rings (SSSR count). The lowest BCUT2D eigenvalue weighted by atomic mass is 9.74. The lowest BCUT2D eigenvalue weighted by Gasteiger charge is -2.38. The minimum absolute atomic E-state index is 0.0231. The van der Waals surface area contributed by atoms with E-state index in [1.165, 1.54) is 16.7 Å². The number of likely N-dealkylation sites (N-methyl/N-ethyl adjacent to an activating group) is 1. The Morgan fingerprint density at radius 3 is 2.41 bits per heavy atom. The molecule has 0 spiro atoms. The van der Waals surface area contributed by atoms with Gasteiger partial charge < -0.3 is 10.1 Å². The van der Waals surface area contributed by atoms with Gasteiger partial charge in [-0.2, -0.15) is 0 Å². The highest BCUT2D eigenvalue weighted by Gasteiger charge is 2.34. The molecule has 144 valence electrons. The molecule has 1 N–H and O–H groups in total. The van der Waals surface area contributed by atoms with Gasteiger partial charge >= 0.3 is 0 Å². The molecule has 0 saturated carbocycles. The minimum Gasteiger partial charge on any atom is -0.381 e. The third-order valence-electron chi connectivity index (χ3n) is 5.45. The Bertz CT molecular complexity index is 722. The van der Waals surface area contributed by atoms with Crippen molar-refractivity contribution in [1.29, 1.82) is 0 Å². The number of ether oxygens (including phenoxy) is 1. The van der Waals surface area contributed by atoms with Gasteiger partial charge in [-0.1, -0.05) is 60.2 Å². The van der Waals surface area contributed by atoms with Gasteiger partial charge in [0.05, 0.1) is 6.54 Å². The SMILES string of the molecule is Cc1ccc(CN(C)CC(=O)NCC2(c3ccccc3)CCOCC2)cc1. The zero-order valence-electron chi connectivity index (χ0n) is 16.4. The maximum Gasteiger partial charge on any atom is 0.234 e. The standard InChI is InChI=1S/C23H30N2O2/c1-19-8-10-20(11-9-19)16-25(2)17-22(26)24-18-23(12-14-27-15-13-23)21-6-4-3-5-7-21/h3-11H,12-18H2,1-2H3,(H,24,26). The minimum atomic E-state index is -0.0231. The van der Waals surface area contributed by atoms with Crippen LogP contribution in [0.4, 0.5) is 0 Å². The van der Waals surface area contributed by atoms with Crippen molar-refractivity contribution in [2.45, 2.75) is 31.7 Å². The molecule has 1 aliphatic heterocycles. The summed E-state index contributed by atoms with van der Waals surface area (Å²) in [5.74, 6) is 0.0754. The zero-order chi connectivity index (χ0) is 19.1. The normalized spacial score (nSPS) is 16.3. The van der Waals surface area contributed by atoms with Crippen molar-refractivity contribution in [3.63, 3.8) is 0 Å². The number of nitrogens with zero attached hydrogens (tertiary/aromatic N) is 1. The van der Waals surface area contributed by atoms with Gasteiger partial charge in [0.25, 0.3) is 0 Å². The van der Waals surface area contributed by atoms with Crippen LogP contribution in [0.2, 0.25) is 0 Å². The summed E-state index contributed by atoms with van der Waals surface area (Å²) in [5, 5.41) is 3.18. The quantitative estimate of drug-likeness (QED) is 0.818. The highest BCUT2D eigenvalue weighted by molar-refractivity contribution is 5.78. The van der Waals surface area contributed by atoms with Gasteiger partial charge in [0.1, 0.15) is 0 Å². The fraction of sp³-hybridized carbons (Fsp3) is 0.435.